The zero-order valence-electron chi connectivity index (χ0n) is 28.5. The summed E-state index contributed by atoms with van der Waals surface area (Å²) in [6.07, 6.45) is 1.71. The predicted molar refractivity (Wildman–Crippen MR) is 217 cm³/mol. The van der Waals surface area contributed by atoms with Crippen molar-refractivity contribution < 1.29 is 0 Å². The Morgan fingerprint density at radius 3 is 1.32 bits per heavy atom. The lowest BCUT2D eigenvalue weighted by atomic mass is 10.1. The molecule has 0 atom stereocenters. The van der Waals surface area contributed by atoms with Gasteiger partial charge in [-0.3, -0.25) is 4.98 Å². The van der Waals surface area contributed by atoms with Crippen LogP contribution in [-0.2, 0) is 0 Å². The maximum absolute atomic E-state index is 9.73. The number of aromatic nitrogens is 4. The Balaban J connectivity index is 1.24. The first-order chi connectivity index (χ1) is 26.3. The van der Waals surface area contributed by atoms with E-state index in [4.69, 9.17) is 4.98 Å². The summed E-state index contributed by atoms with van der Waals surface area (Å²) in [7, 11) is 0. The van der Waals surface area contributed by atoms with Crippen LogP contribution in [0.4, 0.5) is 0 Å². The third-order valence-corrected chi connectivity index (χ3v) is 10.7. The second-order valence-electron chi connectivity index (χ2n) is 13.5. The molecule has 0 spiro atoms. The monoisotopic (exact) mass is 675 g/mol. The Labute approximate surface area is 304 Å². The molecule has 53 heavy (non-hydrogen) atoms. The summed E-state index contributed by atoms with van der Waals surface area (Å²) in [5.41, 5.74) is 12.4. The first-order valence-corrected chi connectivity index (χ1v) is 17.8. The van der Waals surface area contributed by atoms with E-state index < -0.39 is 0 Å². The van der Waals surface area contributed by atoms with Gasteiger partial charge in [-0.15, -0.1) is 0 Å². The normalized spacial score (nSPS) is 11.8. The van der Waals surface area contributed by atoms with Crippen LogP contribution < -0.4 is 0 Å². The lowest BCUT2D eigenvalue weighted by Gasteiger charge is -2.14. The second-order valence-corrected chi connectivity index (χ2v) is 13.5. The highest BCUT2D eigenvalue weighted by atomic mass is 15.0. The van der Waals surface area contributed by atoms with E-state index in [1.54, 1.807) is 12.3 Å². The highest BCUT2D eigenvalue weighted by Crippen LogP contribution is 2.40. The third-order valence-electron chi connectivity index (χ3n) is 10.7. The van der Waals surface area contributed by atoms with Crippen LogP contribution in [0.2, 0.25) is 0 Å². The topological polar surface area (TPSA) is 51.5 Å². The van der Waals surface area contributed by atoms with E-state index in [9.17, 15) is 5.26 Å². The van der Waals surface area contributed by atoms with E-state index in [-0.39, 0.29) is 0 Å². The molecule has 0 saturated heterocycles. The molecule has 11 rings (SSSR count). The van der Waals surface area contributed by atoms with Crippen LogP contribution in [0.5, 0.6) is 0 Å². The molecule has 4 heterocycles. The van der Waals surface area contributed by atoms with E-state index >= 15 is 0 Å². The Kier molecular flexibility index (Phi) is 6.25. The quantitative estimate of drug-likeness (QED) is 0.186. The van der Waals surface area contributed by atoms with Gasteiger partial charge in [0, 0.05) is 55.5 Å². The van der Waals surface area contributed by atoms with Crippen LogP contribution in [0.15, 0.2) is 176 Å². The van der Waals surface area contributed by atoms with Crippen molar-refractivity contribution in [2.45, 2.75) is 0 Å². The highest BCUT2D eigenvalue weighted by molar-refractivity contribution is 6.14. The number of hydrogen-bond donors (Lipinski definition) is 0. The minimum Gasteiger partial charge on any atom is -0.309 e. The second kappa shape index (κ2) is 11.3. The molecule has 0 radical (unpaired) electrons. The van der Waals surface area contributed by atoms with Gasteiger partial charge in [-0.25, -0.2) is 0 Å². The standard InChI is InChI=1S/C48H29N5/c49-30-31-25-26-50-41(27-31)38-15-5-10-20-46(38)53-47-23-21-32(51-42-16-6-1-11-34(42)35-12-2-7-17-43(35)51)28-39(47)40-29-33(22-24-48(40)53)52-44-18-8-3-13-36(44)37-14-4-9-19-45(37)52/h1-29H. The van der Waals surface area contributed by atoms with Crippen LogP contribution in [0.3, 0.4) is 0 Å². The molecule has 5 heteroatoms. The molecule has 11 aromatic rings. The summed E-state index contributed by atoms with van der Waals surface area (Å²) >= 11 is 0. The van der Waals surface area contributed by atoms with Gasteiger partial charge in [0.1, 0.15) is 0 Å². The van der Waals surface area contributed by atoms with Gasteiger partial charge in [-0.2, -0.15) is 5.26 Å². The number of fused-ring (bicyclic) bond motifs is 9. The molecule has 0 fully saturated rings. The van der Waals surface area contributed by atoms with Crippen LogP contribution >= 0.6 is 0 Å². The Morgan fingerprint density at radius 2 is 0.830 bits per heavy atom. The van der Waals surface area contributed by atoms with Gasteiger partial charge in [0.05, 0.1) is 56.1 Å². The van der Waals surface area contributed by atoms with Crippen molar-refractivity contribution in [3.05, 3.63) is 182 Å². The van der Waals surface area contributed by atoms with Gasteiger partial charge in [0.25, 0.3) is 0 Å². The number of benzene rings is 7. The SMILES string of the molecule is N#Cc1ccnc(-c2ccccc2-n2c3ccc(-n4c5ccccc5c5ccccc54)cc3c3cc(-n4c5ccccc5c5ccccc54)ccc32)c1. The molecule has 246 valence electrons. The van der Waals surface area contributed by atoms with Gasteiger partial charge in [0.2, 0.25) is 0 Å². The number of para-hydroxylation sites is 5. The number of hydrogen-bond acceptors (Lipinski definition) is 2. The van der Waals surface area contributed by atoms with Crippen molar-refractivity contribution in [1.29, 1.82) is 5.26 Å². The van der Waals surface area contributed by atoms with Crippen molar-refractivity contribution in [1.82, 2.24) is 18.7 Å². The van der Waals surface area contributed by atoms with Crippen LogP contribution in [-0.4, -0.2) is 18.7 Å². The van der Waals surface area contributed by atoms with Crippen molar-refractivity contribution in [2.75, 3.05) is 0 Å². The summed E-state index contributed by atoms with van der Waals surface area (Å²) in [6.45, 7) is 0. The molecule has 4 aromatic heterocycles. The number of nitrogens with zero attached hydrogens (tertiary/aromatic N) is 5. The zero-order chi connectivity index (χ0) is 35.0. The van der Waals surface area contributed by atoms with Gasteiger partial charge < -0.3 is 13.7 Å². The minimum absolute atomic E-state index is 0.582. The maximum atomic E-state index is 9.73. The van der Waals surface area contributed by atoms with Gasteiger partial charge in [-0.1, -0.05) is 91.0 Å². The molecule has 0 N–H and O–H groups in total. The smallest absolute Gasteiger partial charge is 0.0992 e. The first kappa shape index (κ1) is 29.3. The molecule has 0 aliphatic rings. The fourth-order valence-corrected chi connectivity index (χ4v) is 8.47. The molecule has 7 aromatic carbocycles. The number of pyridine rings is 1. The van der Waals surface area contributed by atoms with E-state index in [1.165, 1.54) is 43.6 Å². The summed E-state index contributed by atoms with van der Waals surface area (Å²) < 4.78 is 7.12. The molecule has 0 aliphatic carbocycles. The Bertz CT molecular complexity index is 3040. The van der Waals surface area contributed by atoms with Gasteiger partial charge in [0.15, 0.2) is 0 Å². The lowest BCUT2D eigenvalue weighted by Crippen LogP contribution is -1.99. The van der Waals surface area contributed by atoms with E-state index in [2.05, 4.69) is 171 Å². The van der Waals surface area contributed by atoms with Crippen LogP contribution in [0.25, 0.3) is 93.7 Å². The molecule has 0 saturated carbocycles. The van der Waals surface area contributed by atoms with E-state index in [0.29, 0.717) is 5.56 Å². The molecular weight excluding hydrogens is 647 g/mol. The zero-order valence-corrected chi connectivity index (χ0v) is 28.5. The summed E-state index contributed by atoms with van der Waals surface area (Å²) in [6, 6.07) is 62.6. The fraction of sp³-hybridized carbons (Fsp3) is 0. The summed E-state index contributed by atoms with van der Waals surface area (Å²) in [5.74, 6) is 0. The molecule has 5 nitrogen and oxygen atoms in total. The molecule has 0 amide bonds. The average molecular weight is 676 g/mol. The van der Waals surface area contributed by atoms with Crippen molar-refractivity contribution in [3.8, 4) is 34.4 Å². The van der Waals surface area contributed by atoms with Crippen molar-refractivity contribution in [2.24, 2.45) is 0 Å². The van der Waals surface area contributed by atoms with Crippen molar-refractivity contribution >= 4 is 65.4 Å². The van der Waals surface area contributed by atoms with Crippen molar-refractivity contribution in [3.63, 3.8) is 0 Å². The highest BCUT2D eigenvalue weighted by Gasteiger charge is 2.20. The van der Waals surface area contributed by atoms with E-state index in [0.717, 1.165) is 50.1 Å². The summed E-state index contributed by atoms with van der Waals surface area (Å²) in [5, 5.41) is 17.0. The molecule has 0 unspecified atom stereocenters. The molecular formula is C48H29N5. The number of nitriles is 1. The Hall–Kier alpha value is -7.42. The van der Waals surface area contributed by atoms with Crippen LogP contribution in [0, 0.1) is 11.3 Å². The minimum atomic E-state index is 0.582. The van der Waals surface area contributed by atoms with Crippen LogP contribution in [0.1, 0.15) is 5.56 Å². The summed E-state index contributed by atoms with van der Waals surface area (Å²) in [4.78, 5) is 4.73. The third kappa shape index (κ3) is 4.27. The number of rotatable bonds is 4. The largest absolute Gasteiger partial charge is 0.309 e. The maximum Gasteiger partial charge on any atom is 0.0992 e. The Morgan fingerprint density at radius 1 is 0.396 bits per heavy atom. The lowest BCUT2D eigenvalue weighted by molar-refractivity contribution is 1.15. The fourth-order valence-electron chi connectivity index (χ4n) is 8.47. The van der Waals surface area contributed by atoms with Gasteiger partial charge >= 0.3 is 0 Å². The van der Waals surface area contributed by atoms with Gasteiger partial charge in [-0.05, 0) is 78.9 Å². The molecule has 0 bridgehead atoms. The molecule has 0 aliphatic heterocycles. The van der Waals surface area contributed by atoms with E-state index in [1.807, 2.05) is 12.1 Å². The predicted octanol–water partition coefficient (Wildman–Crippen LogP) is 11.9. The first-order valence-electron chi connectivity index (χ1n) is 17.8. The average Bonchev–Trinajstić information content (AvgIpc) is 3.86.